The fourth-order valence-corrected chi connectivity index (χ4v) is 1.82. The molecule has 0 fully saturated rings. The highest BCUT2D eigenvalue weighted by atomic mass is 79.9. The summed E-state index contributed by atoms with van der Waals surface area (Å²) in [6, 6.07) is 7.53. The maximum Gasteiger partial charge on any atom is 0.337 e. The van der Waals surface area contributed by atoms with Gasteiger partial charge in [0, 0.05) is 10.0 Å². The zero-order valence-corrected chi connectivity index (χ0v) is 11.0. The molecule has 0 atom stereocenters. The molecule has 0 N–H and O–H groups in total. The Morgan fingerprint density at radius 3 is 2.31 bits per heavy atom. The molecule has 0 radical (unpaired) electrons. The fourth-order valence-electron chi connectivity index (χ4n) is 1.36. The average Bonchev–Trinajstić information content (AvgIpc) is 2.31. The number of halogens is 1. The van der Waals surface area contributed by atoms with Crippen LogP contribution < -0.4 is 0 Å². The number of rotatable bonds is 3. The molecule has 3 nitrogen and oxygen atoms in total. The molecule has 0 aliphatic heterocycles. The third-order valence-corrected chi connectivity index (χ3v) is 2.85. The lowest BCUT2D eigenvalue weighted by atomic mass is 10.1. The monoisotopic (exact) mass is 284 g/mol. The molecular formula is C12H13BrO3. The molecule has 0 aliphatic rings. The van der Waals surface area contributed by atoms with E-state index >= 15 is 0 Å². The number of ether oxygens (including phenoxy) is 2. The van der Waals surface area contributed by atoms with E-state index in [1.54, 1.807) is 6.92 Å². The summed E-state index contributed by atoms with van der Waals surface area (Å²) in [4.78, 5) is 11.4. The Hall–Kier alpha value is -1.29. The van der Waals surface area contributed by atoms with Gasteiger partial charge in [0.2, 0.25) is 0 Å². The van der Waals surface area contributed by atoms with Gasteiger partial charge < -0.3 is 9.47 Å². The van der Waals surface area contributed by atoms with Crippen molar-refractivity contribution in [3.63, 3.8) is 0 Å². The first kappa shape index (κ1) is 12.8. The lowest BCUT2D eigenvalue weighted by Gasteiger charge is -2.11. The highest BCUT2D eigenvalue weighted by molar-refractivity contribution is 9.10. The number of benzene rings is 1. The van der Waals surface area contributed by atoms with E-state index in [2.05, 4.69) is 20.7 Å². The minimum absolute atomic E-state index is 0.396. The van der Waals surface area contributed by atoms with Crippen molar-refractivity contribution in [1.29, 1.82) is 0 Å². The summed E-state index contributed by atoms with van der Waals surface area (Å²) in [5.41, 5.74) is 1.27. The Bertz CT molecular complexity index is 424. The Morgan fingerprint density at radius 2 is 1.81 bits per heavy atom. The third-order valence-electron chi connectivity index (χ3n) is 2.15. The number of carbonyl (C=O) groups excluding carboxylic acids is 1. The molecule has 1 aromatic rings. The highest BCUT2D eigenvalue weighted by Crippen LogP contribution is 2.27. The zero-order valence-electron chi connectivity index (χ0n) is 9.41. The van der Waals surface area contributed by atoms with Crippen molar-refractivity contribution in [2.45, 2.75) is 6.92 Å². The summed E-state index contributed by atoms with van der Waals surface area (Å²) in [5.74, 6) is 0.118. The smallest absolute Gasteiger partial charge is 0.337 e. The van der Waals surface area contributed by atoms with Crippen LogP contribution >= 0.6 is 15.9 Å². The van der Waals surface area contributed by atoms with Crippen LogP contribution in [0.15, 0.2) is 34.3 Å². The third kappa shape index (κ3) is 2.64. The van der Waals surface area contributed by atoms with Gasteiger partial charge in [-0.2, -0.15) is 0 Å². The van der Waals surface area contributed by atoms with Crippen molar-refractivity contribution < 1.29 is 14.3 Å². The lowest BCUT2D eigenvalue weighted by Crippen LogP contribution is -2.06. The number of hydrogen-bond acceptors (Lipinski definition) is 3. The van der Waals surface area contributed by atoms with Crippen LogP contribution in [0.4, 0.5) is 0 Å². The first-order valence-electron chi connectivity index (χ1n) is 4.70. The molecule has 0 aromatic heterocycles. The molecule has 0 bridgehead atoms. The fraction of sp³-hybridized carbons (Fsp3) is 0.250. The van der Waals surface area contributed by atoms with E-state index in [1.165, 1.54) is 14.2 Å². The van der Waals surface area contributed by atoms with Gasteiger partial charge in [-0.25, -0.2) is 4.79 Å². The van der Waals surface area contributed by atoms with Crippen LogP contribution in [0.5, 0.6) is 0 Å². The minimum atomic E-state index is -0.396. The van der Waals surface area contributed by atoms with Gasteiger partial charge in [0.25, 0.3) is 0 Å². The SMILES string of the molecule is COC(=O)/C(C)=C(/OC)c1ccccc1Br. The first-order chi connectivity index (χ1) is 7.61. The Labute approximate surface area is 103 Å². The Kier molecular flexibility index (Phi) is 4.55. The van der Waals surface area contributed by atoms with Crippen LogP contribution in [0.2, 0.25) is 0 Å². The van der Waals surface area contributed by atoms with Crippen LogP contribution in [0.3, 0.4) is 0 Å². The molecule has 0 amide bonds. The molecule has 1 aromatic carbocycles. The standard InChI is InChI=1S/C12H13BrO3/c1-8(12(14)16-3)11(15-2)9-6-4-5-7-10(9)13/h4-7H,1-3H3/b11-8+. The van der Waals surface area contributed by atoms with Gasteiger partial charge in [0.15, 0.2) is 0 Å². The average molecular weight is 285 g/mol. The van der Waals surface area contributed by atoms with E-state index in [9.17, 15) is 4.79 Å². The maximum absolute atomic E-state index is 11.4. The number of carbonyl (C=O) groups is 1. The summed E-state index contributed by atoms with van der Waals surface area (Å²) >= 11 is 3.41. The molecule has 0 saturated heterocycles. The predicted molar refractivity (Wildman–Crippen MR) is 65.8 cm³/mol. The largest absolute Gasteiger partial charge is 0.496 e. The van der Waals surface area contributed by atoms with Crippen LogP contribution in [-0.4, -0.2) is 20.2 Å². The van der Waals surface area contributed by atoms with Crippen molar-refractivity contribution in [2.75, 3.05) is 14.2 Å². The number of hydrogen-bond donors (Lipinski definition) is 0. The molecule has 0 saturated carbocycles. The highest BCUT2D eigenvalue weighted by Gasteiger charge is 2.15. The van der Waals surface area contributed by atoms with Gasteiger partial charge in [-0.3, -0.25) is 0 Å². The van der Waals surface area contributed by atoms with E-state index in [0.29, 0.717) is 11.3 Å². The molecule has 16 heavy (non-hydrogen) atoms. The van der Waals surface area contributed by atoms with E-state index in [1.807, 2.05) is 24.3 Å². The van der Waals surface area contributed by atoms with Gasteiger partial charge in [-0.1, -0.05) is 34.1 Å². The maximum atomic E-state index is 11.4. The molecule has 86 valence electrons. The van der Waals surface area contributed by atoms with Crippen molar-refractivity contribution in [1.82, 2.24) is 0 Å². The van der Waals surface area contributed by atoms with E-state index < -0.39 is 5.97 Å². The molecule has 4 heteroatoms. The van der Waals surface area contributed by atoms with Crippen molar-refractivity contribution in [2.24, 2.45) is 0 Å². The van der Waals surface area contributed by atoms with Gasteiger partial charge >= 0.3 is 5.97 Å². The van der Waals surface area contributed by atoms with E-state index in [4.69, 9.17) is 4.74 Å². The molecule has 0 aliphatic carbocycles. The zero-order chi connectivity index (χ0) is 12.1. The van der Waals surface area contributed by atoms with Gasteiger partial charge in [0.1, 0.15) is 5.76 Å². The van der Waals surface area contributed by atoms with E-state index in [-0.39, 0.29) is 0 Å². The second-order valence-corrected chi connectivity index (χ2v) is 3.98. The minimum Gasteiger partial charge on any atom is -0.496 e. The summed E-state index contributed by atoms with van der Waals surface area (Å²) < 4.78 is 10.8. The van der Waals surface area contributed by atoms with Crippen molar-refractivity contribution in [3.05, 3.63) is 39.9 Å². The molecule has 0 spiro atoms. The van der Waals surface area contributed by atoms with Crippen molar-refractivity contribution in [3.8, 4) is 0 Å². The molecule has 0 unspecified atom stereocenters. The molecule has 1 rings (SSSR count). The summed E-state index contributed by atoms with van der Waals surface area (Å²) in [7, 11) is 2.88. The van der Waals surface area contributed by atoms with E-state index in [0.717, 1.165) is 10.0 Å². The quantitative estimate of drug-likeness (QED) is 0.486. The lowest BCUT2D eigenvalue weighted by molar-refractivity contribution is -0.136. The Morgan fingerprint density at radius 1 is 1.19 bits per heavy atom. The number of methoxy groups -OCH3 is 2. The Balaban J connectivity index is 3.27. The second kappa shape index (κ2) is 5.70. The summed E-state index contributed by atoms with van der Waals surface area (Å²) in [5, 5.41) is 0. The van der Waals surface area contributed by atoms with Gasteiger partial charge in [-0.15, -0.1) is 0 Å². The first-order valence-corrected chi connectivity index (χ1v) is 5.49. The van der Waals surface area contributed by atoms with Crippen LogP contribution in [0.1, 0.15) is 12.5 Å². The predicted octanol–water partition coefficient (Wildman–Crippen LogP) is 3.00. The number of esters is 1. The molecule has 0 heterocycles. The van der Waals surface area contributed by atoms with Gasteiger partial charge in [-0.05, 0) is 13.0 Å². The van der Waals surface area contributed by atoms with Crippen LogP contribution in [-0.2, 0) is 14.3 Å². The van der Waals surface area contributed by atoms with Crippen LogP contribution in [0.25, 0.3) is 5.76 Å². The summed E-state index contributed by atoms with van der Waals surface area (Å²) in [6.07, 6.45) is 0. The normalized spacial score (nSPS) is 11.8. The summed E-state index contributed by atoms with van der Waals surface area (Å²) in [6.45, 7) is 1.67. The second-order valence-electron chi connectivity index (χ2n) is 3.13. The van der Waals surface area contributed by atoms with Crippen molar-refractivity contribution >= 4 is 27.7 Å². The van der Waals surface area contributed by atoms with Crippen LogP contribution in [0, 0.1) is 0 Å². The van der Waals surface area contributed by atoms with Gasteiger partial charge in [0.05, 0.1) is 19.8 Å². The molecular weight excluding hydrogens is 272 g/mol. The topological polar surface area (TPSA) is 35.5 Å².